The molecule has 1 fully saturated rings. The molecule has 1 aliphatic heterocycles. The molecule has 1 amide bonds. The van der Waals surface area contributed by atoms with E-state index in [1.807, 2.05) is 11.0 Å². The smallest absolute Gasteiger partial charge is 0.310 e. The summed E-state index contributed by atoms with van der Waals surface area (Å²) < 4.78 is 10.2. The maximum absolute atomic E-state index is 11.9. The van der Waals surface area contributed by atoms with Crippen molar-refractivity contribution in [1.82, 2.24) is 10.2 Å². The molecule has 0 aromatic carbocycles. The van der Waals surface area contributed by atoms with E-state index in [-0.39, 0.29) is 17.8 Å². The molecule has 1 aromatic heterocycles. The van der Waals surface area contributed by atoms with Gasteiger partial charge in [-0.15, -0.1) is 0 Å². The minimum atomic E-state index is -0.154. The molecule has 0 saturated carbocycles. The van der Waals surface area contributed by atoms with E-state index in [1.165, 1.54) is 0 Å². The van der Waals surface area contributed by atoms with Gasteiger partial charge in [-0.1, -0.05) is 0 Å². The van der Waals surface area contributed by atoms with E-state index in [1.54, 1.807) is 19.3 Å². The van der Waals surface area contributed by atoms with Gasteiger partial charge >= 0.3 is 5.97 Å². The Labute approximate surface area is 124 Å². The van der Waals surface area contributed by atoms with Crippen molar-refractivity contribution in [2.24, 2.45) is 5.92 Å². The van der Waals surface area contributed by atoms with Crippen molar-refractivity contribution in [1.29, 1.82) is 0 Å². The molecule has 6 nitrogen and oxygen atoms in total. The van der Waals surface area contributed by atoms with Gasteiger partial charge in [0.1, 0.15) is 5.76 Å². The van der Waals surface area contributed by atoms with Gasteiger partial charge in [0.2, 0.25) is 5.91 Å². The lowest BCUT2D eigenvalue weighted by Gasteiger charge is -2.30. The summed E-state index contributed by atoms with van der Waals surface area (Å²) in [6.07, 6.45) is 3.33. The second-order valence-electron chi connectivity index (χ2n) is 5.18. The molecule has 0 radical (unpaired) electrons. The van der Waals surface area contributed by atoms with Crippen molar-refractivity contribution in [3.05, 3.63) is 24.2 Å². The summed E-state index contributed by atoms with van der Waals surface area (Å²) in [6, 6.07) is 3.61. The first kappa shape index (κ1) is 15.6. The Morgan fingerprint density at radius 1 is 1.52 bits per heavy atom. The van der Waals surface area contributed by atoms with Gasteiger partial charge in [-0.25, -0.2) is 0 Å². The minimum Gasteiger partial charge on any atom is -0.467 e. The fourth-order valence-corrected chi connectivity index (χ4v) is 2.51. The van der Waals surface area contributed by atoms with Gasteiger partial charge in [-0.05, 0) is 38.4 Å². The van der Waals surface area contributed by atoms with Gasteiger partial charge in [0.25, 0.3) is 0 Å². The number of amides is 1. The number of rotatable bonds is 6. The van der Waals surface area contributed by atoms with Crippen LogP contribution in [0.1, 0.15) is 25.5 Å². The summed E-state index contributed by atoms with van der Waals surface area (Å²) in [5.41, 5.74) is 0. The number of piperidine rings is 1. The SMILES string of the molecule is CCOC(=O)[C@H]1CCCN(CC(=O)NCc2ccco2)C1. The number of carbonyl (C=O) groups excluding carboxylic acids is 2. The molecule has 1 atom stereocenters. The van der Waals surface area contributed by atoms with Gasteiger partial charge < -0.3 is 14.5 Å². The van der Waals surface area contributed by atoms with Crippen molar-refractivity contribution in [3.63, 3.8) is 0 Å². The Bertz CT molecular complexity index is 458. The van der Waals surface area contributed by atoms with E-state index >= 15 is 0 Å². The average molecular weight is 294 g/mol. The Hall–Kier alpha value is -1.82. The van der Waals surface area contributed by atoms with Crippen LogP contribution < -0.4 is 5.32 Å². The topological polar surface area (TPSA) is 71.8 Å². The number of furan rings is 1. The van der Waals surface area contributed by atoms with Crippen molar-refractivity contribution < 1.29 is 18.7 Å². The van der Waals surface area contributed by atoms with Crippen LogP contribution in [0.4, 0.5) is 0 Å². The Morgan fingerprint density at radius 3 is 3.10 bits per heavy atom. The molecule has 1 aromatic rings. The van der Waals surface area contributed by atoms with E-state index in [4.69, 9.17) is 9.15 Å². The monoisotopic (exact) mass is 294 g/mol. The molecule has 1 N–H and O–H groups in total. The molecule has 21 heavy (non-hydrogen) atoms. The predicted octanol–water partition coefficient (Wildman–Crippen LogP) is 1.17. The first-order chi connectivity index (χ1) is 10.2. The van der Waals surface area contributed by atoms with Crippen LogP contribution in [0.5, 0.6) is 0 Å². The van der Waals surface area contributed by atoms with E-state index in [0.29, 0.717) is 26.2 Å². The molecular formula is C15H22N2O4. The second-order valence-corrected chi connectivity index (χ2v) is 5.18. The number of nitrogens with one attached hydrogen (secondary N) is 1. The third kappa shape index (κ3) is 4.90. The van der Waals surface area contributed by atoms with Crippen LogP contribution in [0, 0.1) is 5.92 Å². The maximum atomic E-state index is 11.9. The Balaban J connectivity index is 1.74. The fraction of sp³-hybridized carbons (Fsp3) is 0.600. The van der Waals surface area contributed by atoms with Crippen molar-refractivity contribution in [3.8, 4) is 0 Å². The number of nitrogens with zero attached hydrogens (tertiary/aromatic N) is 1. The number of ether oxygens (including phenoxy) is 1. The third-order valence-corrected chi connectivity index (χ3v) is 3.53. The molecule has 6 heteroatoms. The van der Waals surface area contributed by atoms with Crippen LogP contribution in [-0.4, -0.2) is 43.0 Å². The molecule has 2 rings (SSSR count). The number of hydrogen-bond acceptors (Lipinski definition) is 5. The molecule has 0 bridgehead atoms. The van der Waals surface area contributed by atoms with Crippen LogP contribution in [0.2, 0.25) is 0 Å². The van der Waals surface area contributed by atoms with Crippen molar-refractivity contribution >= 4 is 11.9 Å². The van der Waals surface area contributed by atoms with Gasteiger partial charge in [0.15, 0.2) is 0 Å². The lowest BCUT2D eigenvalue weighted by molar-refractivity contribution is -0.150. The largest absolute Gasteiger partial charge is 0.467 e. The molecule has 116 valence electrons. The predicted molar refractivity (Wildman–Crippen MR) is 76.4 cm³/mol. The van der Waals surface area contributed by atoms with Crippen molar-refractivity contribution in [2.75, 3.05) is 26.2 Å². The summed E-state index contributed by atoms with van der Waals surface area (Å²) in [4.78, 5) is 25.6. The summed E-state index contributed by atoms with van der Waals surface area (Å²) >= 11 is 0. The van der Waals surface area contributed by atoms with Gasteiger partial charge in [-0.3, -0.25) is 14.5 Å². The lowest BCUT2D eigenvalue weighted by atomic mass is 9.98. The van der Waals surface area contributed by atoms with Crippen LogP contribution in [-0.2, 0) is 20.9 Å². The quantitative estimate of drug-likeness (QED) is 0.797. The van der Waals surface area contributed by atoms with E-state index in [0.717, 1.165) is 25.1 Å². The van der Waals surface area contributed by atoms with Gasteiger partial charge in [0.05, 0.1) is 31.9 Å². The second kappa shape index (κ2) is 7.83. The van der Waals surface area contributed by atoms with E-state index < -0.39 is 0 Å². The highest BCUT2D eigenvalue weighted by Gasteiger charge is 2.27. The molecule has 1 saturated heterocycles. The highest BCUT2D eigenvalue weighted by Crippen LogP contribution is 2.17. The lowest BCUT2D eigenvalue weighted by Crippen LogP contribution is -2.44. The molecule has 0 unspecified atom stereocenters. The fourth-order valence-electron chi connectivity index (χ4n) is 2.51. The van der Waals surface area contributed by atoms with Gasteiger partial charge in [0, 0.05) is 6.54 Å². The number of esters is 1. The summed E-state index contributed by atoms with van der Waals surface area (Å²) in [5, 5.41) is 2.81. The summed E-state index contributed by atoms with van der Waals surface area (Å²) in [7, 11) is 0. The van der Waals surface area contributed by atoms with Gasteiger partial charge in [-0.2, -0.15) is 0 Å². The zero-order valence-corrected chi connectivity index (χ0v) is 12.3. The normalized spacial score (nSPS) is 19.2. The number of likely N-dealkylation sites (tertiary alicyclic amines) is 1. The van der Waals surface area contributed by atoms with E-state index in [9.17, 15) is 9.59 Å². The number of carbonyl (C=O) groups is 2. The first-order valence-corrected chi connectivity index (χ1v) is 7.37. The Kier molecular flexibility index (Phi) is 5.80. The van der Waals surface area contributed by atoms with Crippen LogP contribution >= 0.6 is 0 Å². The van der Waals surface area contributed by atoms with Crippen LogP contribution in [0.3, 0.4) is 0 Å². The standard InChI is InChI=1S/C15H22N2O4/c1-2-20-15(19)12-5-3-7-17(10-12)11-14(18)16-9-13-6-4-8-21-13/h4,6,8,12H,2-3,5,7,9-11H2,1H3,(H,16,18)/t12-/m0/s1. The zero-order valence-electron chi connectivity index (χ0n) is 12.3. The van der Waals surface area contributed by atoms with Crippen LogP contribution in [0.15, 0.2) is 22.8 Å². The maximum Gasteiger partial charge on any atom is 0.310 e. The Morgan fingerprint density at radius 2 is 2.38 bits per heavy atom. The molecule has 0 spiro atoms. The minimum absolute atomic E-state index is 0.0593. The molecule has 1 aliphatic rings. The summed E-state index contributed by atoms with van der Waals surface area (Å²) in [5.74, 6) is 0.400. The van der Waals surface area contributed by atoms with Crippen molar-refractivity contribution in [2.45, 2.75) is 26.3 Å². The first-order valence-electron chi connectivity index (χ1n) is 7.37. The molecule has 2 heterocycles. The number of hydrogen-bond donors (Lipinski definition) is 1. The highest BCUT2D eigenvalue weighted by molar-refractivity contribution is 5.78. The van der Waals surface area contributed by atoms with Crippen LogP contribution in [0.25, 0.3) is 0 Å². The zero-order chi connectivity index (χ0) is 15.1. The third-order valence-electron chi connectivity index (χ3n) is 3.53. The average Bonchev–Trinajstić information content (AvgIpc) is 2.99. The highest BCUT2D eigenvalue weighted by atomic mass is 16.5. The summed E-state index contributed by atoms with van der Waals surface area (Å²) in [6.45, 7) is 4.33. The molecular weight excluding hydrogens is 272 g/mol. The van der Waals surface area contributed by atoms with E-state index in [2.05, 4.69) is 5.32 Å². The molecule has 0 aliphatic carbocycles.